The van der Waals surface area contributed by atoms with Gasteiger partial charge in [-0.3, -0.25) is 4.79 Å². The number of piperidine rings is 1. The Balaban J connectivity index is 1.96. The van der Waals surface area contributed by atoms with Crippen molar-refractivity contribution in [2.24, 2.45) is 0 Å². The Morgan fingerprint density at radius 1 is 1.50 bits per heavy atom. The minimum atomic E-state index is -0.289. The smallest absolute Gasteiger partial charge is 0.266 e. The first-order valence-corrected chi connectivity index (χ1v) is 7.50. The van der Waals surface area contributed by atoms with Gasteiger partial charge in [0.15, 0.2) is 0 Å². The van der Waals surface area contributed by atoms with Crippen molar-refractivity contribution in [1.29, 1.82) is 0 Å². The van der Waals surface area contributed by atoms with Crippen LogP contribution in [0.5, 0.6) is 0 Å². The van der Waals surface area contributed by atoms with Gasteiger partial charge in [-0.2, -0.15) is 0 Å². The van der Waals surface area contributed by atoms with Gasteiger partial charge in [0.2, 0.25) is 0 Å². The number of amides is 1. The Hall–Kier alpha value is -1.66. The van der Waals surface area contributed by atoms with Crippen LogP contribution < -0.4 is 5.73 Å². The molecule has 1 aliphatic rings. The van der Waals surface area contributed by atoms with E-state index >= 15 is 0 Å². The Labute approximate surface area is 121 Å². The Morgan fingerprint density at radius 2 is 2.20 bits per heavy atom. The second-order valence-electron chi connectivity index (χ2n) is 5.18. The first-order valence-electron chi connectivity index (χ1n) is 6.69. The Morgan fingerprint density at radius 3 is 2.85 bits per heavy atom. The van der Waals surface area contributed by atoms with Crippen molar-refractivity contribution < 1.29 is 9.90 Å². The number of hydrogen-bond acceptors (Lipinski definition) is 5. The van der Waals surface area contributed by atoms with Crippen LogP contribution in [-0.2, 0) is 0 Å². The van der Waals surface area contributed by atoms with Crippen LogP contribution in [0, 0.1) is 6.92 Å². The highest BCUT2D eigenvalue weighted by Crippen LogP contribution is 2.35. The lowest BCUT2D eigenvalue weighted by Crippen LogP contribution is -2.39. The van der Waals surface area contributed by atoms with E-state index in [4.69, 9.17) is 5.73 Å². The molecule has 1 saturated heterocycles. The lowest BCUT2D eigenvalue weighted by molar-refractivity contribution is 0.0551. The maximum atomic E-state index is 12.6. The van der Waals surface area contributed by atoms with Gasteiger partial charge < -0.3 is 15.7 Å². The van der Waals surface area contributed by atoms with Crippen LogP contribution in [0.1, 0.15) is 28.1 Å². The molecule has 1 amide bonds. The third-order valence-electron chi connectivity index (χ3n) is 3.78. The molecule has 3 rings (SSSR count). The lowest BCUT2D eigenvalue weighted by Gasteiger charge is -2.29. The van der Waals surface area contributed by atoms with Crippen LogP contribution in [0.15, 0.2) is 12.3 Å². The zero-order valence-corrected chi connectivity index (χ0v) is 12.1. The van der Waals surface area contributed by atoms with Crippen LogP contribution in [0.25, 0.3) is 10.2 Å². The number of nitrogen functional groups attached to an aromatic ring is 1. The van der Waals surface area contributed by atoms with E-state index in [9.17, 15) is 9.90 Å². The first kappa shape index (κ1) is 13.3. The molecule has 0 aromatic carbocycles. The van der Waals surface area contributed by atoms with Gasteiger partial charge in [0, 0.05) is 24.7 Å². The highest BCUT2D eigenvalue weighted by molar-refractivity contribution is 7.21. The number of fused-ring (bicyclic) bond motifs is 1. The molecule has 0 saturated carbocycles. The van der Waals surface area contributed by atoms with Crippen molar-refractivity contribution in [2.75, 3.05) is 18.8 Å². The van der Waals surface area contributed by atoms with Gasteiger partial charge in [0.1, 0.15) is 9.71 Å². The number of aliphatic hydroxyl groups is 1. The van der Waals surface area contributed by atoms with Crippen LogP contribution >= 0.6 is 11.3 Å². The van der Waals surface area contributed by atoms with Gasteiger partial charge in [0.05, 0.1) is 11.8 Å². The Bertz CT molecular complexity index is 660. The maximum Gasteiger partial charge on any atom is 0.266 e. The summed E-state index contributed by atoms with van der Waals surface area (Å²) in [5.74, 6) is -0.0446. The number of nitrogens with two attached hydrogens (primary N) is 1. The van der Waals surface area contributed by atoms with Crippen molar-refractivity contribution >= 4 is 33.1 Å². The van der Waals surface area contributed by atoms with E-state index in [0.29, 0.717) is 36.5 Å². The SMILES string of the molecule is Cc1ccnc2sc(C(=O)N3CCC(O)CC3)c(N)c12. The molecule has 0 bridgehead atoms. The van der Waals surface area contributed by atoms with E-state index in [-0.39, 0.29) is 12.0 Å². The summed E-state index contributed by atoms with van der Waals surface area (Å²) >= 11 is 1.35. The number of rotatable bonds is 1. The number of thiophene rings is 1. The molecule has 0 unspecified atom stereocenters. The normalized spacial score (nSPS) is 16.8. The van der Waals surface area contributed by atoms with Crippen LogP contribution in [0.2, 0.25) is 0 Å². The Kier molecular flexibility index (Phi) is 3.35. The van der Waals surface area contributed by atoms with E-state index in [1.165, 1.54) is 11.3 Å². The number of hydrogen-bond donors (Lipinski definition) is 2. The fourth-order valence-electron chi connectivity index (χ4n) is 2.57. The molecule has 0 spiro atoms. The molecule has 1 fully saturated rings. The lowest BCUT2D eigenvalue weighted by atomic mass is 10.1. The predicted molar refractivity (Wildman–Crippen MR) is 79.9 cm³/mol. The highest BCUT2D eigenvalue weighted by atomic mass is 32.1. The number of carbonyl (C=O) groups excluding carboxylic acids is 1. The third-order valence-corrected chi connectivity index (χ3v) is 4.88. The largest absolute Gasteiger partial charge is 0.397 e. The van der Waals surface area contributed by atoms with E-state index < -0.39 is 0 Å². The number of anilines is 1. The molecule has 1 aliphatic heterocycles. The summed E-state index contributed by atoms with van der Waals surface area (Å²) in [4.78, 5) is 20.0. The minimum Gasteiger partial charge on any atom is -0.397 e. The summed E-state index contributed by atoms with van der Waals surface area (Å²) in [7, 11) is 0. The van der Waals surface area contributed by atoms with Crippen LogP contribution in [0.4, 0.5) is 5.69 Å². The molecule has 20 heavy (non-hydrogen) atoms. The molecular formula is C14H17N3O2S. The fraction of sp³-hybridized carbons (Fsp3) is 0.429. The number of carbonyl (C=O) groups is 1. The van der Waals surface area contributed by atoms with E-state index in [0.717, 1.165) is 15.8 Å². The van der Waals surface area contributed by atoms with E-state index in [1.807, 2.05) is 13.0 Å². The molecule has 3 N–H and O–H groups in total. The first-order chi connectivity index (χ1) is 9.58. The van der Waals surface area contributed by atoms with Crippen LogP contribution in [-0.4, -0.2) is 40.1 Å². The molecular weight excluding hydrogens is 274 g/mol. The van der Waals surface area contributed by atoms with Crippen molar-refractivity contribution in [2.45, 2.75) is 25.9 Å². The molecule has 2 aromatic rings. The summed E-state index contributed by atoms with van der Waals surface area (Å²) < 4.78 is 0. The highest BCUT2D eigenvalue weighted by Gasteiger charge is 2.26. The fourth-order valence-corrected chi connectivity index (χ4v) is 3.68. The second kappa shape index (κ2) is 5.03. The number of nitrogens with zero attached hydrogens (tertiary/aromatic N) is 2. The molecule has 6 heteroatoms. The average Bonchev–Trinajstić information content (AvgIpc) is 2.77. The summed E-state index contributed by atoms with van der Waals surface area (Å²) in [5.41, 5.74) is 7.72. The van der Waals surface area contributed by atoms with Gasteiger partial charge in [0.25, 0.3) is 5.91 Å². The number of aryl methyl sites for hydroxylation is 1. The van der Waals surface area contributed by atoms with Crippen molar-refractivity contribution in [1.82, 2.24) is 9.88 Å². The predicted octanol–water partition coefficient (Wildman–Crippen LogP) is 1.78. The average molecular weight is 291 g/mol. The van der Waals surface area contributed by atoms with Gasteiger partial charge in [-0.15, -0.1) is 11.3 Å². The molecule has 106 valence electrons. The van der Waals surface area contributed by atoms with Crippen molar-refractivity contribution in [3.05, 3.63) is 22.7 Å². The molecule has 0 aliphatic carbocycles. The second-order valence-corrected chi connectivity index (χ2v) is 6.18. The standard InChI is InChI=1S/C14H17N3O2S/c1-8-2-5-16-13-10(8)11(15)12(20-13)14(19)17-6-3-9(18)4-7-17/h2,5,9,18H,3-4,6-7,15H2,1H3. The zero-order chi connectivity index (χ0) is 14.3. The summed E-state index contributed by atoms with van der Waals surface area (Å²) in [6, 6.07) is 1.90. The molecule has 2 aromatic heterocycles. The molecule has 0 atom stereocenters. The summed E-state index contributed by atoms with van der Waals surface area (Å²) in [6.45, 7) is 3.14. The summed E-state index contributed by atoms with van der Waals surface area (Å²) in [5, 5.41) is 10.4. The third kappa shape index (κ3) is 2.14. The zero-order valence-electron chi connectivity index (χ0n) is 11.3. The van der Waals surface area contributed by atoms with E-state index in [2.05, 4.69) is 4.98 Å². The van der Waals surface area contributed by atoms with Gasteiger partial charge in [-0.1, -0.05) is 0 Å². The molecule has 0 radical (unpaired) electrons. The van der Waals surface area contributed by atoms with E-state index in [1.54, 1.807) is 11.1 Å². The number of likely N-dealkylation sites (tertiary alicyclic amines) is 1. The van der Waals surface area contributed by atoms with Gasteiger partial charge >= 0.3 is 0 Å². The monoisotopic (exact) mass is 291 g/mol. The van der Waals surface area contributed by atoms with Gasteiger partial charge in [-0.05, 0) is 31.4 Å². The van der Waals surface area contributed by atoms with Crippen molar-refractivity contribution in [3.8, 4) is 0 Å². The molecule has 3 heterocycles. The number of aromatic nitrogens is 1. The summed E-state index contributed by atoms with van der Waals surface area (Å²) in [6.07, 6.45) is 2.71. The number of aliphatic hydroxyl groups excluding tert-OH is 1. The minimum absolute atomic E-state index is 0.0446. The quantitative estimate of drug-likeness (QED) is 0.839. The van der Waals surface area contributed by atoms with Crippen molar-refractivity contribution in [3.63, 3.8) is 0 Å². The molecule has 5 nitrogen and oxygen atoms in total. The number of pyridine rings is 1. The topological polar surface area (TPSA) is 79.5 Å². The maximum absolute atomic E-state index is 12.6. The van der Waals surface area contributed by atoms with Crippen LogP contribution in [0.3, 0.4) is 0 Å². The van der Waals surface area contributed by atoms with Gasteiger partial charge in [-0.25, -0.2) is 4.98 Å².